The molecular formula is C13H8F2N2O2S. The zero-order valence-corrected chi connectivity index (χ0v) is 10.8. The summed E-state index contributed by atoms with van der Waals surface area (Å²) in [4.78, 5) is 11.6. The van der Waals surface area contributed by atoms with E-state index in [0.717, 1.165) is 12.1 Å². The van der Waals surface area contributed by atoms with Crippen LogP contribution >= 0.6 is 11.3 Å². The number of anilines is 1. The van der Waals surface area contributed by atoms with E-state index < -0.39 is 24.1 Å². The minimum Gasteiger partial charge on any atom is -0.481 e. The van der Waals surface area contributed by atoms with Gasteiger partial charge in [0.25, 0.3) is 5.91 Å². The first-order valence-corrected chi connectivity index (χ1v) is 6.33. The van der Waals surface area contributed by atoms with Crippen molar-refractivity contribution < 1.29 is 18.3 Å². The summed E-state index contributed by atoms with van der Waals surface area (Å²) < 4.78 is 30.9. The van der Waals surface area contributed by atoms with Crippen LogP contribution in [0.2, 0.25) is 0 Å². The first-order chi connectivity index (χ1) is 9.60. The van der Waals surface area contributed by atoms with Crippen LogP contribution in [0.4, 0.5) is 13.8 Å². The Morgan fingerprint density at radius 2 is 2.20 bits per heavy atom. The summed E-state index contributed by atoms with van der Waals surface area (Å²) in [5.41, 5.74) is 0.344. The van der Waals surface area contributed by atoms with Gasteiger partial charge in [-0.15, -0.1) is 11.3 Å². The molecule has 0 aliphatic carbocycles. The molecule has 0 fully saturated rings. The van der Waals surface area contributed by atoms with Gasteiger partial charge in [0.05, 0.1) is 5.56 Å². The van der Waals surface area contributed by atoms with Crippen molar-refractivity contribution in [1.82, 2.24) is 0 Å². The molecule has 1 heterocycles. The SMILES string of the molecule is N#Cc1ccsc1NC(=O)COc1ccc(F)cc1F. The van der Waals surface area contributed by atoms with Crippen molar-refractivity contribution in [1.29, 1.82) is 5.26 Å². The molecule has 0 spiro atoms. The summed E-state index contributed by atoms with van der Waals surface area (Å²) in [7, 11) is 0. The normalized spacial score (nSPS) is 9.85. The van der Waals surface area contributed by atoms with Gasteiger partial charge in [-0.3, -0.25) is 4.79 Å². The molecular weight excluding hydrogens is 286 g/mol. The number of halogens is 2. The minimum atomic E-state index is -0.883. The predicted octanol–water partition coefficient (Wildman–Crippen LogP) is 2.92. The van der Waals surface area contributed by atoms with Crippen molar-refractivity contribution in [3.05, 3.63) is 46.8 Å². The summed E-state index contributed by atoms with van der Waals surface area (Å²) in [5.74, 6) is -2.36. The molecule has 0 radical (unpaired) electrons. The number of carbonyl (C=O) groups is 1. The average Bonchev–Trinajstić information content (AvgIpc) is 2.85. The van der Waals surface area contributed by atoms with Gasteiger partial charge in [-0.25, -0.2) is 8.78 Å². The fraction of sp³-hybridized carbons (Fsp3) is 0.0769. The summed E-state index contributed by atoms with van der Waals surface area (Å²) in [6, 6.07) is 6.29. The highest BCUT2D eigenvalue weighted by molar-refractivity contribution is 7.14. The van der Waals surface area contributed by atoms with Crippen molar-refractivity contribution in [3.63, 3.8) is 0 Å². The summed E-state index contributed by atoms with van der Waals surface area (Å²) in [5, 5.41) is 13.3. The van der Waals surface area contributed by atoms with Gasteiger partial charge >= 0.3 is 0 Å². The molecule has 0 atom stereocenters. The fourth-order valence-corrected chi connectivity index (χ4v) is 2.15. The molecule has 1 aromatic carbocycles. The summed E-state index contributed by atoms with van der Waals surface area (Å²) in [6.45, 7) is -0.439. The number of nitrogens with one attached hydrogen (secondary N) is 1. The van der Waals surface area contributed by atoms with Gasteiger partial charge in [-0.2, -0.15) is 5.26 Å². The largest absolute Gasteiger partial charge is 0.481 e. The van der Waals surface area contributed by atoms with E-state index in [1.165, 1.54) is 11.3 Å². The third-order valence-corrected chi connectivity index (χ3v) is 3.12. The number of benzene rings is 1. The van der Waals surface area contributed by atoms with Crippen LogP contribution in [0.5, 0.6) is 5.75 Å². The fourth-order valence-electron chi connectivity index (χ4n) is 1.39. The number of hydrogen-bond acceptors (Lipinski definition) is 4. The average molecular weight is 294 g/mol. The molecule has 0 bridgehead atoms. The van der Waals surface area contributed by atoms with Gasteiger partial charge < -0.3 is 10.1 Å². The molecule has 0 unspecified atom stereocenters. The van der Waals surface area contributed by atoms with Gasteiger partial charge in [0.2, 0.25) is 0 Å². The Kier molecular flexibility index (Phi) is 4.27. The molecule has 20 heavy (non-hydrogen) atoms. The van der Waals surface area contributed by atoms with Crippen LogP contribution in [0.1, 0.15) is 5.56 Å². The second-order valence-electron chi connectivity index (χ2n) is 3.69. The molecule has 1 aromatic heterocycles. The molecule has 0 aliphatic rings. The van der Waals surface area contributed by atoms with Crippen LogP contribution in [-0.4, -0.2) is 12.5 Å². The van der Waals surface area contributed by atoms with Crippen molar-refractivity contribution >= 4 is 22.2 Å². The zero-order valence-electron chi connectivity index (χ0n) is 10.0. The van der Waals surface area contributed by atoms with Crippen LogP contribution in [0.15, 0.2) is 29.6 Å². The van der Waals surface area contributed by atoms with Crippen LogP contribution in [-0.2, 0) is 4.79 Å². The Balaban J connectivity index is 1.94. The van der Waals surface area contributed by atoms with Gasteiger partial charge in [0, 0.05) is 6.07 Å². The lowest BCUT2D eigenvalue weighted by molar-refractivity contribution is -0.118. The van der Waals surface area contributed by atoms with Gasteiger partial charge in [-0.1, -0.05) is 0 Å². The number of thiophene rings is 1. The van der Waals surface area contributed by atoms with Gasteiger partial charge in [0.15, 0.2) is 18.2 Å². The molecule has 0 aliphatic heterocycles. The van der Waals surface area contributed by atoms with E-state index in [2.05, 4.69) is 5.32 Å². The molecule has 0 saturated heterocycles. The lowest BCUT2D eigenvalue weighted by Gasteiger charge is -2.07. The highest BCUT2D eigenvalue weighted by Crippen LogP contribution is 2.22. The summed E-state index contributed by atoms with van der Waals surface area (Å²) in [6.07, 6.45) is 0. The molecule has 7 heteroatoms. The molecule has 1 amide bonds. The Morgan fingerprint density at radius 1 is 1.40 bits per heavy atom. The van der Waals surface area contributed by atoms with E-state index in [1.54, 1.807) is 11.4 Å². The van der Waals surface area contributed by atoms with E-state index in [4.69, 9.17) is 10.00 Å². The Labute approximate surface area is 117 Å². The number of rotatable bonds is 4. The molecule has 1 N–H and O–H groups in total. The first kappa shape index (κ1) is 14.0. The predicted molar refractivity (Wildman–Crippen MR) is 69.5 cm³/mol. The standard InChI is InChI=1S/C13H8F2N2O2S/c14-9-1-2-11(10(15)5-9)19-7-12(18)17-13-8(6-16)3-4-20-13/h1-5H,7H2,(H,17,18). The Morgan fingerprint density at radius 3 is 2.90 bits per heavy atom. The Bertz CT molecular complexity index is 679. The first-order valence-electron chi connectivity index (χ1n) is 5.45. The maximum atomic E-state index is 13.3. The van der Waals surface area contributed by atoms with Crippen LogP contribution in [0.3, 0.4) is 0 Å². The monoisotopic (exact) mass is 294 g/mol. The van der Waals surface area contributed by atoms with E-state index in [9.17, 15) is 13.6 Å². The van der Waals surface area contributed by atoms with E-state index in [0.29, 0.717) is 16.6 Å². The number of nitriles is 1. The Hall–Kier alpha value is -2.46. The number of amides is 1. The van der Waals surface area contributed by atoms with E-state index in [1.807, 2.05) is 6.07 Å². The highest BCUT2D eigenvalue weighted by atomic mass is 32.1. The molecule has 0 saturated carbocycles. The van der Waals surface area contributed by atoms with Crippen LogP contribution in [0, 0.1) is 23.0 Å². The van der Waals surface area contributed by atoms with Crippen molar-refractivity contribution in [3.8, 4) is 11.8 Å². The maximum absolute atomic E-state index is 13.3. The number of carbonyl (C=O) groups excluding carboxylic acids is 1. The smallest absolute Gasteiger partial charge is 0.262 e. The number of hydrogen-bond donors (Lipinski definition) is 1. The quantitative estimate of drug-likeness (QED) is 0.943. The van der Waals surface area contributed by atoms with Crippen molar-refractivity contribution in [2.75, 3.05) is 11.9 Å². The third kappa shape index (κ3) is 3.30. The molecule has 4 nitrogen and oxygen atoms in total. The zero-order chi connectivity index (χ0) is 14.5. The molecule has 2 rings (SSSR count). The number of nitrogens with zero attached hydrogens (tertiary/aromatic N) is 1. The molecule has 2 aromatic rings. The lowest BCUT2D eigenvalue weighted by atomic mass is 10.3. The van der Waals surface area contributed by atoms with Gasteiger partial charge in [0.1, 0.15) is 16.9 Å². The topological polar surface area (TPSA) is 62.1 Å². The van der Waals surface area contributed by atoms with Gasteiger partial charge in [-0.05, 0) is 23.6 Å². The second kappa shape index (κ2) is 6.12. The number of ether oxygens (including phenoxy) is 1. The minimum absolute atomic E-state index is 0.215. The van der Waals surface area contributed by atoms with Crippen molar-refractivity contribution in [2.45, 2.75) is 0 Å². The summed E-state index contributed by atoms with van der Waals surface area (Å²) >= 11 is 1.20. The van der Waals surface area contributed by atoms with E-state index in [-0.39, 0.29) is 5.75 Å². The lowest BCUT2D eigenvalue weighted by Crippen LogP contribution is -2.20. The highest BCUT2D eigenvalue weighted by Gasteiger charge is 2.11. The second-order valence-corrected chi connectivity index (χ2v) is 4.60. The van der Waals surface area contributed by atoms with Crippen molar-refractivity contribution in [2.24, 2.45) is 0 Å². The van der Waals surface area contributed by atoms with Crippen LogP contribution < -0.4 is 10.1 Å². The third-order valence-electron chi connectivity index (χ3n) is 2.29. The maximum Gasteiger partial charge on any atom is 0.262 e. The van der Waals surface area contributed by atoms with Crippen LogP contribution in [0.25, 0.3) is 0 Å². The van der Waals surface area contributed by atoms with E-state index >= 15 is 0 Å². The molecule has 102 valence electrons.